The smallest absolute Gasteiger partial charge is 0.338 e. The Labute approximate surface area is 176 Å². The van der Waals surface area contributed by atoms with E-state index < -0.39 is 5.97 Å². The maximum atomic E-state index is 12.2. The van der Waals surface area contributed by atoms with E-state index in [-0.39, 0.29) is 18.5 Å². The van der Waals surface area contributed by atoms with Crippen LogP contribution in [0.15, 0.2) is 24.3 Å². The summed E-state index contributed by atoms with van der Waals surface area (Å²) in [6, 6.07) is 6.79. The highest BCUT2D eigenvalue weighted by Gasteiger charge is 2.15. The molecule has 0 aliphatic carbocycles. The minimum Gasteiger partial charge on any atom is -0.469 e. The van der Waals surface area contributed by atoms with Gasteiger partial charge in [0.25, 0.3) is 5.91 Å². The molecule has 0 saturated carbocycles. The van der Waals surface area contributed by atoms with Crippen molar-refractivity contribution in [1.82, 2.24) is 15.1 Å². The summed E-state index contributed by atoms with van der Waals surface area (Å²) in [7, 11) is 1.37. The van der Waals surface area contributed by atoms with Gasteiger partial charge in [0.1, 0.15) is 0 Å². The molecular formula is C22H29N3O5. The number of methoxy groups -OCH3 is 1. The number of aromatic nitrogens is 2. The third kappa shape index (κ3) is 6.17. The van der Waals surface area contributed by atoms with Crippen molar-refractivity contribution in [3.8, 4) is 5.69 Å². The standard InChI is InChI=1S/C22H29N3O5/c1-14(2)12-23-20(26)13-30-22(28)17-6-8-18(9-7-17)25-16(4)19(15(3)24-25)10-11-21(27)29-5/h6-9,14H,10-13H2,1-5H3,(H,23,26). The molecule has 0 aliphatic rings. The van der Waals surface area contributed by atoms with E-state index in [1.165, 1.54) is 7.11 Å². The Morgan fingerprint density at radius 3 is 2.40 bits per heavy atom. The van der Waals surface area contributed by atoms with Gasteiger partial charge < -0.3 is 14.8 Å². The van der Waals surface area contributed by atoms with Crippen molar-refractivity contribution in [2.24, 2.45) is 5.92 Å². The number of aryl methyl sites for hydroxylation is 1. The molecule has 0 atom stereocenters. The van der Waals surface area contributed by atoms with Crippen molar-refractivity contribution in [3.63, 3.8) is 0 Å². The van der Waals surface area contributed by atoms with Gasteiger partial charge in [0.05, 0.1) is 24.1 Å². The van der Waals surface area contributed by atoms with Crippen LogP contribution in [0.5, 0.6) is 0 Å². The number of hydrogen-bond acceptors (Lipinski definition) is 6. The van der Waals surface area contributed by atoms with E-state index in [2.05, 4.69) is 10.4 Å². The fourth-order valence-corrected chi connectivity index (χ4v) is 2.94. The first-order valence-corrected chi connectivity index (χ1v) is 9.89. The monoisotopic (exact) mass is 415 g/mol. The summed E-state index contributed by atoms with van der Waals surface area (Å²) >= 11 is 0. The van der Waals surface area contributed by atoms with Crippen molar-refractivity contribution in [1.29, 1.82) is 0 Å². The number of nitrogens with zero attached hydrogens (tertiary/aromatic N) is 2. The third-order valence-corrected chi connectivity index (χ3v) is 4.64. The normalized spacial score (nSPS) is 10.7. The van der Waals surface area contributed by atoms with Crippen molar-refractivity contribution < 1.29 is 23.9 Å². The highest BCUT2D eigenvalue weighted by molar-refractivity contribution is 5.91. The number of ether oxygens (including phenoxy) is 2. The van der Waals surface area contributed by atoms with Gasteiger partial charge >= 0.3 is 11.9 Å². The van der Waals surface area contributed by atoms with Crippen LogP contribution >= 0.6 is 0 Å². The van der Waals surface area contributed by atoms with Crippen molar-refractivity contribution in [2.45, 2.75) is 40.5 Å². The molecule has 2 rings (SSSR count). The van der Waals surface area contributed by atoms with Crippen LogP contribution in [0, 0.1) is 19.8 Å². The second kappa shape index (κ2) is 10.6. The predicted molar refractivity (Wildman–Crippen MR) is 112 cm³/mol. The van der Waals surface area contributed by atoms with Gasteiger partial charge in [-0.25, -0.2) is 9.48 Å². The second-order valence-electron chi connectivity index (χ2n) is 7.46. The first-order chi connectivity index (χ1) is 14.2. The molecule has 0 spiro atoms. The largest absolute Gasteiger partial charge is 0.469 e. The van der Waals surface area contributed by atoms with Crippen LogP contribution in [0.25, 0.3) is 5.69 Å². The fraction of sp³-hybridized carbons (Fsp3) is 0.455. The molecule has 30 heavy (non-hydrogen) atoms. The lowest BCUT2D eigenvalue weighted by molar-refractivity contribution is -0.140. The number of esters is 2. The minimum atomic E-state index is -0.562. The first-order valence-electron chi connectivity index (χ1n) is 9.89. The van der Waals surface area contributed by atoms with E-state index >= 15 is 0 Å². The molecular weight excluding hydrogens is 386 g/mol. The summed E-state index contributed by atoms with van der Waals surface area (Å²) in [5.41, 5.74) is 3.89. The predicted octanol–water partition coefficient (Wildman–Crippen LogP) is 2.52. The van der Waals surface area contributed by atoms with Crippen LogP contribution in [0.2, 0.25) is 0 Å². The quantitative estimate of drug-likeness (QED) is 0.632. The summed E-state index contributed by atoms with van der Waals surface area (Å²) < 4.78 is 11.5. The van der Waals surface area contributed by atoms with Crippen LogP contribution < -0.4 is 5.32 Å². The van der Waals surface area contributed by atoms with Gasteiger partial charge in [-0.2, -0.15) is 5.10 Å². The molecule has 0 radical (unpaired) electrons. The van der Waals surface area contributed by atoms with Gasteiger partial charge in [-0.1, -0.05) is 13.8 Å². The summed E-state index contributed by atoms with van der Waals surface area (Å²) in [6.07, 6.45) is 0.840. The number of hydrogen-bond donors (Lipinski definition) is 1. The Hall–Kier alpha value is -3.16. The molecule has 1 aromatic carbocycles. The zero-order chi connectivity index (χ0) is 22.3. The molecule has 8 heteroatoms. The zero-order valence-corrected chi connectivity index (χ0v) is 18.2. The Kier molecular flexibility index (Phi) is 8.15. The topological polar surface area (TPSA) is 99.5 Å². The molecule has 1 heterocycles. The lowest BCUT2D eigenvalue weighted by Crippen LogP contribution is -2.31. The van der Waals surface area contributed by atoms with E-state index in [0.717, 1.165) is 22.6 Å². The SMILES string of the molecule is COC(=O)CCc1c(C)nn(-c2ccc(C(=O)OCC(=O)NCC(C)C)cc2)c1C. The van der Waals surface area contributed by atoms with E-state index in [1.807, 2.05) is 27.7 Å². The Bertz CT molecular complexity index is 900. The van der Waals surface area contributed by atoms with Gasteiger partial charge in [0, 0.05) is 18.7 Å². The van der Waals surface area contributed by atoms with Crippen LogP contribution in [0.1, 0.15) is 47.6 Å². The Balaban J connectivity index is 2.02. The summed E-state index contributed by atoms with van der Waals surface area (Å²) in [4.78, 5) is 35.3. The van der Waals surface area contributed by atoms with Gasteiger partial charge in [0.15, 0.2) is 6.61 Å². The maximum absolute atomic E-state index is 12.2. The molecule has 2 aromatic rings. The number of carbonyl (C=O) groups excluding carboxylic acids is 3. The van der Waals surface area contributed by atoms with E-state index in [1.54, 1.807) is 28.9 Å². The second-order valence-corrected chi connectivity index (χ2v) is 7.46. The number of carbonyl (C=O) groups is 3. The molecule has 0 unspecified atom stereocenters. The average Bonchev–Trinajstić information content (AvgIpc) is 3.02. The Morgan fingerprint density at radius 1 is 1.13 bits per heavy atom. The molecule has 0 bridgehead atoms. The molecule has 1 amide bonds. The summed E-state index contributed by atoms with van der Waals surface area (Å²) in [5, 5.41) is 7.25. The fourth-order valence-electron chi connectivity index (χ4n) is 2.94. The number of rotatable bonds is 9. The van der Waals surface area contributed by atoms with Gasteiger partial charge in [-0.05, 0) is 56.0 Å². The third-order valence-electron chi connectivity index (χ3n) is 4.64. The van der Waals surface area contributed by atoms with E-state index in [4.69, 9.17) is 9.47 Å². The summed E-state index contributed by atoms with van der Waals surface area (Å²) in [5.74, 6) is -0.820. The molecule has 1 N–H and O–H groups in total. The number of amides is 1. The molecule has 1 aromatic heterocycles. The minimum absolute atomic E-state index is 0.262. The molecule has 162 valence electrons. The van der Waals surface area contributed by atoms with Crippen molar-refractivity contribution >= 4 is 17.8 Å². The van der Waals surface area contributed by atoms with Gasteiger partial charge in [-0.15, -0.1) is 0 Å². The Morgan fingerprint density at radius 2 is 1.80 bits per heavy atom. The highest BCUT2D eigenvalue weighted by atomic mass is 16.5. The summed E-state index contributed by atoms with van der Waals surface area (Å²) in [6.45, 7) is 8.03. The maximum Gasteiger partial charge on any atom is 0.338 e. The first kappa shape index (κ1) is 23.1. The average molecular weight is 415 g/mol. The van der Waals surface area contributed by atoms with E-state index in [0.29, 0.717) is 30.9 Å². The number of benzene rings is 1. The zero-order valence-electron chi connectivity index (χ0n) is 18.2. The van der Waals surface area contributed by atoms with Crippen LogP contribution in [0.3, 0.4) is 0 Å². The molecule has 0 aliphatic heterocycles. The van der Waals surface area contributed by atoms with Crippen LogP contribution in [0.4, 0.5) is 0 Å². The molecule has 0 saturated heterocycles. The molecule has 8 nitrogen and oxygen atoms in total. The number of nitrogens with one attached hydrogen (secondary N) is 1. The van der Waals surface area contributed by atoms with Gasteiger partial charge in [0.2, 0.25) is 0 Å². The lowest BCUT2D eigenvalue weighted by atomic mass is 10.1. The van der Waals surface area contributed by atoms with Crippen LogP contribution in [-0.4, -0.2) is 47.9 Å². The molecule has 0 fully saturated rings. The van der Waals surface area contributed by atoms with Crippen LogP contribution in [-0.2, 0) is 25.5 Å². The highest BCUT2D eigenvalue weighted by Crippen LogP contribution is 2.20. The lowest BCUT2D eigenvalue weighted by Gasteiger charge is -2.09. The van der Waals surface area contributed by atoms with Crippen molar-refractivity contribution in [3.05, 3.63) is 46.8 Å². The van der Waals surface area contributed by atoms with E-state index in [9.17, 15) is 14.4 Å². The van der Waals surface area contributed by atoms with Gasteiger partial charge in [-0.3, -0.25) is 9.59 Å². The van der Waals surface area contributed by atoms with Crippen molar-refractivity contribution in [2.75, 3.05) is 20.3 Å².